The van der Waals surface area contributed by atoms with Crippen LogP contribution in [0.5, 0.6) is 5.75 Å². The second kappa shape index (κ2) is 15.6. The number of hydrogen-bond acceptors (Lipinski definition) is 3. The smallest absolute Gasteiger partial charge is 0.306 e. The first-order valence-electron chi connectivity index (χ1n) is 13.7. The van der Waals surface area contributed by atoms with E-state index in [9.17, 15) is 4.79 Å². The minimum Gasteiger partial charge on any atom is -0.489 e. The molecule has 0 unspecified atom stereocenters. The van der Waals surface area contributed by atoms with Crippen molar-refractivity contribution < 1.29 is 14.3 Å². The zero-order valence-electron chi connectivity index (χ0n) is 21.2. The number of ether oxygens (including phenoxy) is 2. The summed E-state index contributed by atoms with van der Waals surface area (Å²) in [6.07, 6.45) is 16.2. The summed E-state index contributed by atoms with van der Waals surface area (Å²) in [6.45, 7) is 2.82. The first-order valence-corrected chi connectivity index (χ1v) is 13.7. The lowest BCUT2D eigenvalue weighted by Crippen LogP contribution is -2.28. The van der Waals surface area contributed by atoms with E-state index in [1.165, 1.54) is 56.9 Å². The van der Waals surface area contributed by atoms with Crippen molar-refractivity contribution in [2.75, 3.05) is 0 Å². The molecule has 2 atom stereocenters. The number of unbranched alkanes of at least 4 members (excludes halogenated alkanes) is 8. The SMILES string of the molecule is CCCCCCCCCCCC(=O)O[C@H]1CCCC[C@@H]1c1cccc(OCc2ccccc2)c1. The number of carbonyl (C=O) groups is 1. The Morgan fingerprint density at radius 3 is 2.29 bits per heavy atom. The van der Waals surface area contributed by atoms with Crippen LogP contribution in [0, 0.1) is 0 Å². The lowest BCUT2D eigenvalue weighted by Gasteiger charge is -2.31. The molecule has 1 saturated carbocycles. The molecule has 0 spiro atoms. The highest BCUT2D eigenvalue weighted by Gasteiger charge is 2.29. The summed E-state index contributed by atoms with van der Waals surface area (Å²) < 4.78 is 12.1. The summed E-state index contributed by atoms with van der Waals surface area (Å²) in [5.41, 5.74) is 2.39. The normalized spacial score (nSPS) is 17.9. The predicted octanol–water partition coefficient (Wildman–Crippen LogP) is 8.76. The van der Waals surface area contributed by atoms with Crippen LogP contribution in [0.1, 0.15) is 114 Å². The third kappa shape index (κ3) is 9.52. The third-order valence-electron chi connectivity index (χ3n) is 7.00. The van der Waals surface area contributed by atoms with E-state index >= 15 is 0 Å². The molecule has 3 heteroatoms. The fourth-order valence-corrected chi connectivity index (χ4v) is 5.00. The molecule has 2 aromatic carbocycles. The number of rotatable bonds is 15. The molecule has 0 radical (unpaired) electrons. The monoisotopic (exact) mass is 464 g/mol. The Hall–Kier alpha value is -2.29. The van der Waals surface area contributed by atoms with E-state index in [1.54, 1.807) is 0 Å². The van der Waals surface area contributed by atoms with Crippen LogP contribution in [0.25, 0.3) is 0 Å². The average molecular weight is 465 g/mol. The summed E-state index contributed by atoms with van der Waals surface area (Å²) in [5.74, 6) is 1.13. The van der Waals surface area contributed by atoms with Crippen molar-refractivity contribution in [2.24, 2.45) is 0 Å². The molecular weight excluding hydrogens is 420 g/mol. The van der Waals surface area contributed by atoms with Gasteiger partial charge in [0.25, 0.3) is 0 Å². The van der Waals surface area contributed by atoms with Gasteiger partial charge in [-0.1, -0.05) is 107 Å². The van der Waals surface area contributed by atoms with Gasteiger partial charge in [-0.05, 0) is 48.9 Å². The summed E-state index contributed by atoms with van der Waals surface area (Å²) in [4.78, 5) is 12.6. The van der Waals surface area contributed by atoms with Gasteiger partial charge in [-0.25, -0.2) is 0 Å². The number of carbonyl (C=O) groups excluding carboxylic acids is 1. The Bertz CT molecular complexity index is 816. The van der Waals surface area contributed by atoms with E-state index in [2.05, 4.69) is 37.3 Å². The van der Waals surface area contributed by atoms with Gasteiger partial charge < -0.3 is 9.47 Å². The fourth-order valence-electron chi connectivity index (χ4n) is 5.00. The molecule has 186 valence electrons. The summed E-state index contributed by atoms with van der Waals surface area (Å²) >= 11 is 0. The van der Waals surface area contributed by atoms with Crippen molar-refractivity contribution >= 4 is 5.97 Å². The maximum atomic E-state index is 12.6. The third-order valence-corrected chi connectivity index (χ3v) is 7.00. The molecule has 1 aliphatic carbocycles. The van der Waals surface area contributed by atoms with Crippen molar-refractivity contribution in [3.8, 4) is 5.75 Å². The van der Waals surface area contributed by atoms with Gasteiger partial charge in [0, 0.05) is 12.3 Å². The van der Waals surface area contributed by atoms with Crippen molar-refractivity contribution in [1.82, 2.24) is 0 Å². The van der Waals surface area contributed by atoms with Crippen LogP contribution < -0.4 is 4.74 Å². The molecule has 34 heavy (non-hydrogen) atoms. The highest BCUT2D eigenvalue weighted by atomic mass is 16.5. The quantitative estimate of drug-likeness (QED) is 0.195. The van der Waals surface area contributed by atoms with Gasteiger partial charge in [-0.2, -0.15) is 0 Å². The van der Waals surface area contributed by atoms with Crippen molar-refractivity contribution in [1.29, 1.82) is 0 Å². The zero-order valence-corrected chi connectivity index (χ0v) is 21.2. The van der Waals surface area contributed by atoms with E-state index in [4.69, 9.17) is 9.47 Å². The molecule has 0 heterocycles. The maximum Gasteiger partial charge on any atom is 0.306 e. The van der Waals surface area contributed by atoms with Crippen LogP contribution >= 0.6 is 0 Å². The Kier molecular flexibility index (Phi) is 12.1. The fraction of sp³-hybridized carbons (Fsp3) is 0.581. The van der Waals surface area contributed by atoms with E-state index in [0.717, 1.165) is 43.4 Å². The Balaban J connectivity index is 1.42. The van der Waals surface area contributed by atoms with Crippen LogP contribution in [0.15, 0.2) is 54.6 Å². The van der Waals surface area contributed by atoms with Crippen LogP contribution in [-0.4, -0.2) is 12.1 Å². The lowest BCUT2D eigenvalue weighted by molar-refractivity contribution is -0.151. The van der Waals surface area contributed by atoms with Crippen LogP contribution in [0.3, 0.4) is 0 Å². The molecule has 0 N–H and O–H groups in total. The van der Waals surface area contributed by atoms with Crippen LogP contribution in [0.4, 0.5) is 0 Å². The molecule has 0 saturated heterocycles. The molecule has 0 aromatic heterocycles. The average Bonchev–Trinajstić information content (AvgIpc) is 2.87. The minimum atomic E-state index is -0.0173. The standard InChI is InChI=1S/C31H44O3/c1-2-3-4-5-6-7-8-9-13-23-31(32)34-30-22-15-14-21-29(30)27-19-16-20-28(24-27)33-25-26-17-11-10-12-18-26/h10-12,16-20,24,29-30H,2-9,13-15,21-23,25H2,1H3/t29-,30+/m1/s1. The first kappa shape index (κ1) is 26.3. The van der Waals surface area contributed by atoms with Crippen molar-refractivity contribution in [2.45, 2.75) is 115 Å². The molecule has 0 aliphatic heterocycles. The van der Waals surface area contributed by atoms with E-state index < -0.39 is 0 Å². The second-order valence-electron chi connectivity index (χ2n) is 9.84. The highest BCUT2D eigenvalue weighted by Crippen LogP contribution is 2.36. The zero-order chi connectivity index (χ0) is 23.8. The molecule has 0 bridgehead atoms. The van der Waals surface area contributed by atoms with Gasteiger partial charge in [0.1, 0.15) is 18.5 Å². The Labute approximate surface area is 207 Å². The molecule has 1 fully saturated rings. The lowest BCUT2D eigenvalue weighted by atomic mass is 9.81. The Morgan fingerprint density at radius 1 is 0.824 bits per heavy atom. The van der Waals surface area contributed by atoms with Crippen LogP contribution in [-0.2, 0) is 16.1 Å². The largest absolute Gasteiger partial charge is 0.489 e. The van der Waals surface area contributed by atoms with Gasteiger partial charge in [0.05, 0.1) is 0 Å². The second-order valence-corrected chi connectivity index (χ2v) is 9.84. The molecule has 3 rings (SSSR count). The van der Waals surface area contributed by atoms with Gasteiger partial charge in [-0.3, -0.25) is 4.79 Å². The van der Waals surface area contributed by atoms with Crippen molar-refractivity contribution in [3.63, 3.8) is 0 Å². The van der Waals surface area contributed by atoms with Crippen molar-refractivity contribution in [3.05, 3.63) is 65.7 Å². The number of esters is 1. The van der Waals surface area contributed by atoms with E-state index in [-0.39, 0.29) is 18.0 Å². The van der Waals surface area contributed by atoms with Crippen LogP contribution in [0.2, 0.25) is 0 Å². The molecule has 3 nitrogen and oxygen atoms in total. The number of hydrogen-bond donors (Lipinski definition) is 0. The predicted molar refractivity (Wildman–Crippen MR) is 140 cm³/mol. The summed E-state index contributed by atoms with van der Waals surface area (Å²) in [5, 5.41) is 0. The summed E-state index contributed by atoms with van der Waals surface area (Å²) in [7, 11) is 0. The first-order chi connectivity index (χ1) is 16.8. The van der Waals surface area contributed by atoms with E-state index in [0.29, 0.717) is 13.0 Å². The Morgan fingerprint density at radius 2 is 1.53 bits per heavy atom. The van der Waals surface area contributed by atoms with Gasteiger partial charge in [-0.15, -0.1) is 0 Å². The summed E-state index contributed by atoms with van der Waals surface area (Å²) in [6, 6.07) is 18.6. The number of benzene rings is 2. The topological polar surface area (TPSA) is 35.5 Å². The van der Waals surface area contributed by atoms with Gasteiger partial charge in [0.15, 0.2) is 0 Å². The highest BCUT2D eigenvalue weighted by molar-refractivity contribution is 5.69. The molecule has 0 amide bonds. The van der Waals surface area contributed by atoms with E-state index in [1.807, 2.05) is 24.3 Å². The molecular formula is C31H44O3. The van der Waals surface area contributed by atoms with Gasteiger partial charge >= 0.3 is 5.97 Å². The molecule has 2 aromatic rings. The minimum absolute atomic E-state index is 0.0100. The van der Waals surface area contributed by atoms with Gasteiger partial charge in [0.2, 0.25) is 0 Å². The molecule has 1 aliphatic rings. The maximum absolute atomic E-state index is 12.6.